The average Bonchev–Trinajstić information content (AvgIpc) is 2.53. The molecule has 0 spiro atoms. The highest BCUT2D eigenvalue weighted by Crippen LogP contribution is 2.23. The fourth-order valence-corrected chi connectivity index (χ4v) is 2.78. The van der Waals surface area contributed by atoms with Crippen LogP contribution in [0.1, 0.15) is 32.6 Å². The number of anilines is 1. The van der Waals surface area contributed by atoms with E-state index in [0.717, 1.165) is 18.5 Å². The summed E-state index contributed by atoms with van der Waals surface area (Å²) in [7, 11) is 1.72. The number of amides is 2. The van der Waals surface area contributed by atoms with Crippen LogP contribution in [-0.4, -0.2) is 42.4 Å². The molecule has 0 saturated carbocycles. The highest BCUT2D eigenvalue weighted by atomic mass is 35.5. The highest BCUT2D eigenvalue weighted by Gasteiger charge is 2.34. The van der Waals surface area contributed by atoms with Gasteiger partial charge in [0.2, 0.25) is 11.8 Å². The summed E-state index contributed by atoms with van der Waals surface area (Å²) in [6, 6.07) is 9.26. The molecule has 1 aromatic rings. The van der Waals surface area contributed by atoms with Gasteiger partial charge in [-0.3, -0.25) is 9.59 Å². The van der Waals surface area contributed by atoms with Crippen molar-refractivity contribution in [1.29, 1.82) is 0 Å². The van der Waals surface area contributed by atoms with Gasteiger partial charge in [0.1, 0.15) is 6.04 Å². The lowest BCUT2D eigenvalue weighted by Crippen LogP contribution is -2.53. The van der Waals surface area contributed by atoms with Crippen LogP contribution in [0.25, 0.3) is 0 Å². The van der Waals surface area contributed by atoms with Crippen molar-refractivity contribution in [2.24, 2.45) is 5.73 Å². The summed E-state index contributed by atoms with van der Waals surface area (Å²) in [5.41, 5.74) is 6.60. The lowest BCUT2D eigenvalue weighted by molar-refractivity contribution is -0.139. The van der Waals surface area contributed by atoms with Crippen LogP contribution in [0.5, 0.6) is 0 Å². The van der Waals surface area contributed by atoms with Gasteiger partial charge < -0.3 is 15.5 Å². The SMILES string of the molecule is CC(N)CCC(=O)N(C)C1CCCN(c2ccccc2)C1=O.Cl. The number of nitrogens with zero attached hydrogens (tertiary/aromatic N) is 2. The number of para-hydroxylation sites is 1. The predicted octanol–water partition coefficient (Wildman–Crippen LogP) is 2.19. The fourth-order valence-electron chi connectivity index (χ4n) is 2.78. The second-order valence-corrected chi connectivity index (χ2v) is 6.00. The third kappa shape index (κ3) is 4.94. The molecule has 2 amide bonds. The van der Waals surface area contributed by atoms with Crippen LogP contribution in [0.4, 0.5) is 5.69 Å². The number of halogens is 1. The van der Waals surface area contributed by atoms with E-state index >= 15 is 0 Å². The summed E-state index contributed by atoms with van der Waals surface area (Å²) in [5, 5.41) is 0. The molecule has 2 unspecified atom stereocenters. The molecule has 2 atom stereocenters. The first-order chi connectivity index (χ1) is 10.5. The minimum absolute atomic E-state index is 0. The fraction of sp³-hybridized carbons (Fsp3) is 0.529. The monoisotopic (exact) mass is 339 g/mol. The van der Waals surface area contributed by atoms with Gasteiger partial charge in [-0.25, -0.2) is 0 Å². The molecule has 128 valence electrons. The number of carbonyl (C=O) groups excluding carboxylic acids is 2. The zero-order valence-corrected chi connectivity index (χ0v) is 14.6. The third-order valence-corrected chi connectivity index (χ3v) is 4.15. The van der Waals surface area contributed by atoms with E-state index in [1.54, 1.807) is 16.8 Å². The Morgan fingerprint density at radius 1 is 1.39 bits per heavy atom. The Bertz CT molecular complexity index is 522. The molecule has 1 saturated heterocycles. The van der Waals surface area contributed by atoms with Gasteiger partial charge in [-0.15, -0.1) is 12.4 Å². The quantitative estimate of drug-likeness (QED) is 0.894. The molecular formula is C17H26ClN3O2. The van der Waals surface area contributed by atoms with Gasteiger partial charge in [-0.05, 0) is 38.3 Å². The van der Waals surface area contributed by atoms with E-state index in [4.69, 9.17) is 5.73 Å². The van der Waals surface area contributed by atoms with Gasteiger partial charge in [0.15, 0.2) is 0 Å². The summed E-state index contributed by atoms with van der Waals surface area (Å²) < 4.78 is 0. The Hall–Kier alpha value is -1.59. The number of piperidine rings is 1. The molecule has 1 heterocycles. The smallest absolute Gasteiger partial charge is 0.249 e. The number of likely N-dealkylation sites (N-methyl/N-ethyl adjacent to an activating group) is 1. The van der Waals surface area contributed by atoms with Gasteiger partial charge in [0, 0.05) is 31.7 Å². The van der Waals surface area contributed by atoms with Crippen LogP contribution < -0.4 is 10.6 Å². The van der Waals surface area contributed by atoms with E-state index in [1.165, 1.54) is 0 Å². The van der Waals surface area contributed by atoms with Gasteiger partial charge in [-0.2, -0.15) is 0 Å². The standard InChI is InChI=1S/C17H25N3O2.ClH/c1-13(18)10-11-16(21)19(2)15-9-6-12-20(17(15)22)14-7-4-3-5-8-14;/h3-5,7-8,13,15H,6,9-12,18H2,1-2H3;1H. The number of benzene rings is 1. The Labute approximate surface area is 144 Å². The van der Waals surface area contributed by atoms with Crippen LogP contribution in [0.3, 0.4) is 0 Å². The zero-order chi connectivity index (χ0) is 16.1. The van der Waals surface area contributed by atoms with Crippen molar-refractivity contribution in [3.05, 3.63) is 30.3 Å². The van der Waals surface area contributed by atoms with Gasteiger partial charge in [-0.1, -0.05) is 18.2 Å². The zero-order valence-electron chi connectivity index (χ0n) is 13.8. The minimum atomic E-state index is -0.366. The maximum atomic E-state index is 12.7. The Morgan fingerprint density at radius 2 is 2.04 bits per heavy atom. The predicted molar refractivity (Wildman–Crippen MR) is 94.7 cm³/mol. The van der Waals surface area contributed by atoms with Crippen molar-refractivity contribution in [1.82, 2.24) is 4.90 Å². The number of carbonyl (C=O) groups is 2. The van der Waals surface area contributed by atoms with Crippen LogP contribution in [0.15, 0.2) is 30.3 Å². The Morgan fingerprint density at radius 3 is 2.65 bits per heavy atom. The number of hydrogen-bond acceptors (Lipinski definition) is 3. The summed E-state index contributed by atoms with van der Waals surface area (Å²) in [6.07, 6.45) is 2.66. The van der Waals surface area contributed by atoms with Crippen molar-refractivity contribution in [2.75, 3.05) is 18.5 Å². The van der Waals surface area contributed by atoms with E-state index in [1.807, 2.05) is 37.3 Å². The maximum absolute atomic E-state index is 12.7. The van der Waals surface area contributed by atoms with E-state index in [2.05, 4.69) is 0 Å². The third-order valence-electron chi connectivity index (χ3n) is 4.15. The molecule has 0 radical (unpaired) electrons. The molecule has 6 heteroatoms. The van der Waals surface area contributed by atoms with Gasteiger partial charge >= 0.3 is 0 Å². The first-order valence-electron chi connectivity index (χ1n) is 7.88. The first-order valence-corrected chi connectivity index (χ1v) is 7.88. The van der Waals surface area contributed by atoms with Crippen molar-refractivity contribution in [3.63, 3.8) is 0 Å². The van der Waals surface area contributed by atoms with E-state index in [-0.39, 0.29) is 36.3 Å². The van der Waals surface area contributed by atoms with Gasteiger partial charge in [0.05, 0.1) is 0 Å². The molecule has 23 heavy (non-hydrogen) atoms. The summed E-state index contributed by atoms with van der Waals surface area (Å²) in [6.45, 7) is 2.59. The summed E-state index contributed by atoms with van der Waals surface area (Å²) >= 11 is 0. The summed E-state index contributed by atoms with van der Waals surface area (Å²) in [4.78, 5) is 28.3. The molecule has 1 aliphatic rings. The topological polar surface area (TPSA) is 66.6 Å². The molecule has 2 N–H and O–H groups in total. The van der Waals surface area contributed by atoms with Crippen molar-refractivity contribution < 1.29 is 9.59 Å². The lowest BCUT2D eigenvalue weighted by atomic mass is 10.0. The second-order valence-electron chi connectivity index (χ2n) is 6.00. The molecule has 0 aromatic heterocycles. The molecule has 1 aromatic carbocycles. The van der Waals surface area contributed by atoms with Crippen LogP contribution >= 0.6 is 12.4 Å². The molecule has 5 nitrogen and oxygen atoms in total. The molecule has 1 aliphatic heterocycles. The van der Waals surface area contributed by atoms with E-state index < -0.39 is 0 Å². The minimum Gasteiger partial charge on any atom is -0.334 e. The second kappa shape index (κ2) is 8.89. The van der Waals surface area contributed by atoms with Crippen LogP contribution in [0.2, 0.25) is 0 Å². The molecule has 0 aliphatic carbocycles. The normalized spacial score (nSPS) is 19.0. The van der Waals surface area contributed by atoms with Crippen molar-refractivity contribution >= 4 is 29.9 Å². The number of rotatable bonds is 5. The average molecular weight is 340 g/mol. The van der Waals surface area contributed by atoms with E-state index in [9.17, 15) is 9.59 Å². The first kappa shape index (κ1) is 19.5. The van der Waals surface area contributed by atoms with Gasteiger partial charge in [0.25, 0.3) is 0 Å². The Balaban J connectivity index is 0.00000264. The lowest BCUT2D eigenvalue weighted by Gasteiger charge is -2.37. The molecular weight excluding hydrogens is 314 g/mol. The van der Waals surface area contributed by atoms with Crippen molar-refractivity contribution in [3.8, 4) is 0 Å². The Kier molecular flexibility index (Phi) is 7.52. The maximum Gasteiger partial charge on any atom is 0.249 e. The molecule has 0 bridgehead atoms. The van der Waals surface area contributed by atoms with E-state index in [0.29, 0.717) is 19.4 Å². The molecule has 1 fully saturated rings. The summed E-state index contributed by atoms with van der Waals surface area (Å²) in [5.74, 6) is -0.000316. The van der Waals surface area contributed by atoms with Crippen LogP contribution in [-0.2, 0) is 9.59 Å². The largest absolute Gasteiger partial charge is 0.334 e. The number of nitrogens with two attached hydrogens (primary N) is 1. The number of hydrogen-bond donors (Lipinski definition) is 1. The molecule has 2 rings (SSSR count). The highest BCUT2D eigenvalue weighted by molar-refractivity contribution is 5.99. The van der Waals surface area contributed by atoms with Crippen LogP contribution in [0, 0.1) is 0 Å². The van der Waals surface area contributed by atoms with Crippen molar-refractivity contribution in [2.45, 2.75) is 44.7 Å².